The fourth-order valence-corrected chi connectivity index (χ4v) is 6.10. The minimum absolute atomic E-state index is 0. The summed E-state index contributed by atoms with van der Waals surface area (Å²) in [6, 6.07) is 20.2. The normalized spacial score (nSPS) is 19.6. The molecule has 0 radical (unpaired) electrons. The summed E-state index contributed by atoms with van der Waals surface area (Å²) in [4.78, 5) is 42.2. The van der Waals surface area contributed by atoms with E-state index in [1.165, 1.54) is 0 Å². The van der Waals surface area contributed by atoms with Gasteiger partial charge >= 0.3 is 11.9 Å². The van der Waals surface area contributed by atoms with Crippen LogP contribution in [-0.2, 0) is 29.2 Å². The van der Waals surface area contributed by atoms with E-state index in [0.717, 1.165) is 39.6 Å². The summed E-state index contributed by atoms with van der Waals surface area (Å²) in [6.07, 6.45) is 1.72. The van der Waals surface area contributed by atoms with Gasteiger partial charge < -0.3 is 10.2 Å². The van der Waals surface area contributed by atoms with Crippen molar-refractivity contribution in [1.29, 1.82) is 0 Å². The molecule has 6 heterocycles. The molecule has 0 aliphatic carbocycles. The summed E-state index contributed by atoms with van der Waals surface area (Å²) in [6.45, 7) is 6.03. The summed E-state index contributed by atoms with van der Waals surface area (Å²) in [7, 11) is 0. The quantitative estimate of drug-likeness (QED) is 0.304. The van der Waals surface area contributed by atoms with Crippen molar-refractivity contribution in [3.63, 3.8) is 0 Å². The molecule has 0 saturated carbocycles. The van der Waals surface area contributed by atoms with Gasteiger partial charge in [-0.1, -0.05) is 41.6 Å². The molecule has 0 atom stereocenters. The molecule has 47 heavy (non-hydrogen) atoms. The van der Waals surface area contributed by atoms with Gasteiger partial charge in [0.25, 0.3) is 0 Å². The number of carboxylic acid groups (broad SMARTS) is 2. The number of benzene rings is 1. The number of rotatable bonds is 5. The van der Waals surface area contributed by atoms with Crippen LogP contribution < -0.4 is 0 Å². The van der Waals surface area contributed by atoms with Crippen LogP contribution in [0.2, 0.25) is 0 Å². The van der Waals surface area contributed by atoms with E-state index in [0.29, 0.717) is 72.0 Å². The van der Waals surface area contributed by atoms with E-state index in [1.807, 2.05) is 50.9 Å². The molecule has 4 aromatic rings. The minimum atomic E-state index is -0.860. The van der Waals surface area contributed by atoms with Crippen LogP contribution in [0, 0.1) is 46.9 Å². The molecular formula is C33H39N9O4Yb. The molecule has 254 valence electrons. The maximum Gasteiger partial charge on any atom is 0.317 e. The molecule has 1 saturated heterocycles. The van der Waals surface area contributed by atoms with Crippen LogP contribution in [0.3, 0.4) is 0 Å². The third kappa shape index (κ3) is 9.98. The molecule has 0 amide bonds. The van der Waals surface area contributed by atoms with Crippen molar-refractivity contribution in [2.45, 2.75) is 19.6 Å². The summed E-state index contributed by atoms with van der Waals surface area (Å²) < 4.78 is 1.84. The first kappa shape index (κ1) is 35.3. The Hall–Kier alpha value is -3.04. The average molecular weight is 799 g/mol. The van der Waals surface area contributed by atoms with Crippen LogP contribution in [-0.4, -0.2) is 132 Å². The molecule has 7 rings (SSSR count). The molecule has 0 unspecified atom stereocenters. The van der Waals surface area contributed by atoms with Crippen molar-refractivity contribution in [3.8, 4) is 22.5 Å². The molecular weight excluding hydrogens is 759 g/mol. The second-order valence-electron chi connectivity index (χ2n) is 11.9. The second-order valence-corrected chi connectivity index (χ2v) is 11.9. The van der Waals surface area contributed by atoms with Gasteiger partial charge in [0.05, 0.1) is 48.6 Å². The smallest absolute Gasteiger partial charge is 0.317 e. The summed E-state index contributed by atoms with van der Waals surface area (Å²) in [5, 5.41) is 28.0. The van der Waals surface area contributed by atoms with Crippen molar-refractivity contribution in [2.75, 3.05) is 65.4 Å². The average Bonchev–Trinajstić information content (AvgIpc) is 3.50. The van der Waals surface area contributed by atoms with Gasteiger partial charge in [-0.15, -0.1) is 5.10 Å². The molecule has 6 bridgehead atoms. The maximum absolute atomic E-state index is 11.8. The van der Waals surface area contributed by atoms with E-state index in [1.54, 1.807) is 6.20 Å². The number of hydrogen-bond acceptors (Lipinski definition) is 10. The van der Waals surface area contributed by atoms with Crippen LogP contribution in [0.5, 0.6) is 0 Å². The largest absolute Gasteiger partial charge is 0.480 e. The molecule has 1 fully saturated rings. The Morgan fingerprint density at radius 3 is 1.81 bits per heavy atom. The molecule has 3 aliphatic heterocycles. The molecule has 3 aliphatic rings. The number of carboxylic acids is 2. The third-order valence-electron chi connectivity index (χ3n) is 8.46. The Morgan fingerprint density at radius 2 is 1.21 bits per heavy atom. The zero-order valence-electron chi connectivity index (χ0n) is 26.0. The molecule has 13 nitrogen and oxygen atoms in total. The standard InChI is InChI=1S/C33H39N9O4.Yb/c43-32(44)23-40-13-9-38-10-14-41(24-33(45)46)16-12-39(11-15-40)21-28-17-26(25-5-2-1-3-6-25)18-29(35-28)22-42-31(19-34-37-42)30-8-4-7-27(20-38)36-30;/h1-8,17-19H,9-16,20-24H2,(H,43,44)(H,45,46);. The molecule has 1 aromatic carbocycles. The Kier molecular flexibility index (Phi) is 12.7. The van der Waals surface area contributed by atoms with E-state index in [2.05, 4.69) is 44.4 Å². The van der Waals surface area contributed by atoms with E-state index in [4.69, 9.17) is 9.97 Å². The Bertz CT molecular complexity index is 1620. The number of pyridine rings is 2. The Labute approximate surface area is 312 Å². The number of fused-ring (bicyclic) bond motifs is 8. The van der Waals surface area contributed by atoms with Crippen molar-refractivity contribution in [3.05, 3.63) is 83.9 Å². The summed E-state index contributed by atoms with van der Waals surface area (Å²) in [5.41, 5.74) is 6.18. The van der Waals surface area contributed by atoms with E-state index in [-0.39, 0.29) is 60.0 Å². The fourth-order valence-electron chi connectivity index (χ4n) is 6.10. The van der Waals surface area contributed by atoms with Gasteiger partial charge in [-0.25, -0.2) is 9.67 Å². The first-order valence-electron chi connectivity index (χ1n) is 15.6. The van der Waals surface area contributed by atoms with Gasteiger partial charge in [0, 0.05) is 112 Å². The van der Waals surface area contributed by atoms with E-state index < -0.39 is 11.9 Å². The number of nitrogens with zero attached hydrogens (tertiary/aromatic N) is 9. The number of aliphatic carboxylic acids is 2. The third-order valence-corrected chi connectivity index (χ3v) is 8.46. The monoisotopic (exact) mass is 799 g/mol. The van der Waals surface area contributed by atoms with Gasteiger partial charge in [0.2, 0.25) is 0 Å². The van der Waals surface area contributed by atoms with E-state index >= 15 is 0 Å². The fraction of sp³-hybridized carbons (Fsp3) is 0.394. The molecule has 14 heteroatoms. The predicted octanol–water partition coefficient (Wildman–Crippen LogP) is 1.85. The number of aromatic nitrogens is 5. The first-order chi connectivity index (χ1) is 22.4. The maximum atomic E-state index is 11.8. The molecule has 2 N–H and O–H groups in total. The van der Waals surface area contributed by atoms with E-state index in [9.17, 15) is 19.8 Å². The van der Waals surface area contributed by atoms with Crippen LogP contribution in [0.15, 0.2) is 66.9 Å². The number of carbonyl (C=O) groups is 2. The van der Waals surface area contributed by atoms with Crippen LogP contribution in [0.25, 0.3) is 22.5 Å². The van der Waals surface area contributed by atoms with Crippen LogP contribution >= 0.6 is 0 Å². The second kappa shape index (κ2) is 16.9. The summed E-state index contributed by atoms with van der Waals surface area (Å²) in [5.74, 6) is -1.72. The SMILES string of the molecule is O=C(O)CN1CCN2CCN(CC(=O)O)CCN(CC1)Cc1cccc(n1)-c1cnnn1Cc1cc(-c3ccccc3)cc(n1)C2.[Yb]. The molecule has 0 spiro atoms. The van der Waals surface area contributed by atoms with Crippen molar-refractivity contribution < 1.29 is 66.7 Å². The zero-order valence-corrected chi connectivity index (χ0v) is 27.8. The van der Waals surface area contributed by atoms with Gasteiger partial charge in [-0.2, -0.15) is 0 Å². The van der Waals surface area contributed by atoms with Crippen LogP contribution in [0.4, 0.5) is 0 Å². The number of hydrogen-bond donors (Lipinski definition) is 2. The predicted molar refractivity (Wildman–Crippen MR) is 171 cm³/mol. The van der Waals surface area contributed by atoms with Crippen molar-refractivity contribution >= 4 is 11.9 Å². The molecule has 3 aromatic heterocycles. The zero-order chi connectivity index (χ0) is 31.9. The van der Waals surface area contributed by atoms with Crippen molar-refractivity contribution in [2.24, 2.45) is 0 Å². The first-order valence-corrected chi connectivity index (χ1v) is 15.6. The topological polar surface area (TPSA) is 144 Å². The summed E-state index contributed by atoms with van der Waals surface area (Å²) >= 11 is 0. The van der Waals surface area contributed by atoms with Gasteiger partial charge in [-0.3, -0.25) is 34.2 Å². The minimum Gasteiger partial charge on any atom is -0.480 e. The van der Waals surface area contributed by atoms with Gasteiger partial charge in [-0.05, 0) is 35.4 Å². The Morgan fingerprint density at radius 1 is 0.638 bits per heavy atom. The van der Waals surface area contributed by atoms with Gasteiger partial charge in [0.15, 0.2) is 0 Å². The van der Waals surface area contributed by atoms with Gasteiger partial charge in [0.1, 0.15) is 5.69 Å². The van der Waals surface area contributed by atoms with Crippen LogP contribution in [0.1, 0.15) is 17.1 Å². The van der Waals surface area contributed by atoms with Crippen molar-refractivity contribution in [1.82, 2.24) is 44.6 Å². The Balaban J connectivity index is 0.00000433.